The molecule has 2 fully saturated rings. The third-order valence-electron chi connectivity index (χ3n) is 8.85. The van der Waals surface area contributed by atoms with Gasteiger partial charge in [0.2, 0.25) is 0 Å². The molecule has 2 atom stereocenters. The second-order valence-electron chi connectivity index (χ2n) is 10.1. The molecule has 1 heteroatoms. The molecule has 2 unspecified atom stereocenters. The predicted molar refractivity (Wildman–Crippen MR) is 119 cm³/mol. The van der Waals surface area contributed by atoms with Gasteiger partial charge < -0.3 is 5.11 Å². The summed E-state index contributed by atoms with van der Waals surface area (Å²) in [5.41, 5.74) is 9.32. The number of phenols is 1. The first-order valence-electron chi connectivity index (χ1n) is 11.7. The van der Waals surface area contributed by atoms with Gasteiger partial charge in [-0.05, 0) is 88.8 Å². The number of hydrogen-bond acceptors (Lipinski definition) is 1. The molecule has 3 aromatic carbocycles. The van der Waals surface area contributed by atoms with Crippen molar-refractivity contribution >= 4 is 10.8 Å². The highest BCUT2D eigenvalue weighted by atomic mass is 16.3. The molecule has 0 aromatic heterocycles. The largest absolute Gasteiger partial charge is 0.507 e. The molecule has 0 saturated heterocycles. The lowest BCUT2D eigenvalue weighted by Gasteiger charge is -2.39. The van der Waals surface area contributed by atoms with E-state index in [1.165, 1.54) is 79.9 Å². The third-order valence-corrected chi connectivity index (χ3v) is 8.85. The Kier molecular flexibility index (Phi) is 3.22. The zero-order valence-corrected chi connectivity index (χ0v) is 17.0. The van der Waals surface area contributed by atoms with E-state index in [0.717, 1.165) is 11.3 Å². The van der Waals surface area contributed by atoms with Crippen molar-refractivity contribution in [3.05, 3.63) is 64.7 Å². The average Bonchev–Trinajstić information content (AvgIpc) is 3.19. The maximum absolute atomic E-state index is 11.1. The summed E-state index contributed by atoms with van der Waals surface area (Å²) in [5, 5.41) is 13.6. The minimum Gasteiger partial charge on any atom is -0.507 e. The lowest BCUT2D eigenvalue weighted by atomic mass is 9.63. The molecule has 7 rings (SSSR count). The van der Waals surface area contributed by atoms with Crippen molar-refractivity contribution in [1.29, 1.82) is 0 Å². The van der Waals surface area contributed by atoms with Crippen LogP contribution in [0.2, 0.25) is 0 Å². The van der Waals surface area contributed by atoms with Gasteiger partial charge in [0.25, 0.3) is 0 Å². The normalized spacial score (nSPS) is 25.8. The maximum atomic E-state index is 11.1. The van der Waals surface area contributed by atoms with Crippen molar-refractivity contribution in [2.45, 2.75) is 69.1 Å². The highest BCUT2D eigenvalue weighted by Crippen LogP contribution is 2.61. The average molecular weight is 381 g/mol. The topological polar surface area (TPSA) is 20.2 Å². The molecule has 4 aliphatic rings. The van der Waals surface area contributed by atoms with Crippen LogP contribution in [0.4, 0.5) is 0 Å². The lowest BCUT2D eigenvalue weighted by Crippen LogP contribution is -2.28. The lowest BCUT2D eigenvalue weighted by molar-refractivity contribution is 0.308. The van der Waals surface area contributed by atoms with Crippen LogP contribution in [0, 0.1) is 5.92 Å². The van der Waals surface area contributed by atoms with Gasteiger partial charge in [-0.1, -0.05) is 62.1 Å². The van der Waals surface area contributed by atoms with E-state index in [4.69, 9.17) is 0 Å². The molecule has 1 spiro atoms. The van der Waals surface area contributed by atoms with E-state index in [-0.39, 0.29) is 5.41 Å². The number of hydrogen-bond donors (Lipinski definition) is 1. The first-order valence-corrected chi connectivity index (χ1v) is 11.7. The van der Waals surface area contributed by atoms with Crippen LogP contribution in [-0.4, -0.2) is 5.11 Å². The van der Waals surface area contributed by atoms with Gasteiger partial charge >= 0.3 is 0 Å². The van der Waals surface area contributed by atoms with Crippen LogP contribution in [0.1, 0.15) is 79.5 Å². The molecule has 29 heavy (non-hydrogen) atoms. The molecule has 0 bridgehead atoms. The molecule has 0 radical (unpaired) electrons. The van der Waals surface area contributed by atoms with E-state index in [0.29, 0.717) is 11.7 Å². The first kappa shape index (κ1) is 16.5. The molecule has 4 aliphatic carbocycles. The van der Waals surface area contributed by atoms with Crippen LogP contribution in [0.15, 0.2) is 42.5 Å². The Morgan fingerprint density at radius 2 is 1.62 bits per heavy atom. The third kappa shape index (κ3) is 1.97. The molecule has 1 N–H and O–H groups in total. The molecule has 0 heterocycles. The van der Waals surface area contributed by atoms with Gasteiger partial charge in [0.05, 0.1) is 0 Å². The molecule has 0 amide bonds. The van der Waals surface area contributed by atoms with Gasteiger partial charge in [-0.25, -0.2) is 0 Å². The summed E-state index contributed by atoms with van der Waals surface area (Å²) in [4.78, 5) is 0. The maximum Gasteiger partial charge on any atom is 0.123 e. The van der Waals surface area contributed by atoms with E-state index in [9.17, 15) is 5.11 Å². The second-order valence-corrected chi connectivity index (χ2v) is 10.1. The van der Waals surface area contributed by atoms with Crippen molar-refractivity contribution in [2.24, 2.45) is 5.92 Å². The molecule has 146 valence electrons. The summed E-state index contributed by atoms with van der Waals surface area (Å²) in [7, 11) is 0. The minimum atomic E-state index is 0.151. The molecule has 3 aromatic rings. The Morgan fingerprint density at radius 3 is 2.52 bits per heavy atom. The van der Waals surface area contributed by atoms with Crippen molar-refractivity contribution in [3.63, 3.8) is 0 Å². The van der Waals surface area contributed by atoms with Crippen LogP contribution in [0.3, 0.4) is 0 Å². The van der Waals surface area contributed by atoms with Crippen molar-refractivity contribution in [2.75, 3.05) is 0 Å². The van der Waals surface area contributed by atoms with Crippen molar-refractivity contribution < 1.29 is 5.11 Å². The minimum absolute atomic E-state index is 0.151. The number of phenolic OH excluding ortho intramolecular Hbond substituents is 1. The van der Waals surface area contributed by atoms with E-state index in [1.54, 1.807) is 16.7 Å². The van der Waals surface area contributed by atoms with Gasteiger partial charge in [0, 0.05) is 10.8 Å². The fourth-order valence-electron chi connectivity index (χ4n) is 7.71. The SMILES string of the molecule is Oc1cc2c3c4c(cccc14)C1(CCCC1)c1cccc(c1-3)CC1CCCCC21. The summed E-state index contributed by atoms with van der Waals surface area (Å²) in [6.45, 7) is 0. The molecule has 1 nitrogen and oxygen atoms in total. The molecule has 0 aliphatic heterocycles. The number of benzene rings is 3. The van der Waals surface area contributed by atoms with Crippen LogP contribution < -0.4 is 0 Å². The van der Waals surface area contributed by atoms with Crippen LogP contribution in [0.25, 0.3) is 21.9 Å². The Bertz CT molecular complexity index is 1160. The van der Waals surface area contributed by atoms with E-state index < -0.39 is 0 Å². The van der Waals surface area contributed by atoms with E-state index in [2.05, 4.69) is 42.5 Å². The Labute approximate surface area is 172 Å². The van der Waals surface area contributed by atoms with Gasteiger partial charge in [0.1, 0.15) is 5.75 Å². The van der Waals surface area contributed by atoms with Crippen LogP contribution >= 0.6 is 0 Å². The number of fused-ring (bicyclic) bond motifs is 4. The Hall–Kier alpha value is -2.28. The Morgan fingerprint density at radius 1 is 0.828 bits per heavy atom. The smallest absolute Gasteiger partial charge is 0.123 e. The number of aromatic hydroxyl groups is 1. The van der Waals surface area contributed by atoms with Gasteiger partial charge in [-0.2, -0.15) is 0 Å². The van der Waals surface area contributed by atoms with Crippen LogP contribution in [-0.2, 0) is 11.8 Å². The summed E-state index contributed by atoms with van der Waals surface area (Å²) in [5.74, 6) is 1.82. The fourth-order valence-corrected chi connectivity index (χ4v) is 7.71. The molecular formula is C28H28O. The predicted octanol–water partition coefficient (Wildman–Crippen LogP) is 7.22. The van der Waals surface area contributed by atoms with Crippen molar-refractivity contribution in [1.82, 2.24) is 0 Å². The number of rotatable bonds is 0. The summed E-state index contributed by atoms with van der Waals surface area (Å²) in [6.07, 6.45) is 11.6. The zero-order chi connectivity index (χ0) is 19.2. The highest BCUT2D eigenvalue weighted by molar-refractivity contribution is 6.08. The standard InChI is InChI=1S/C28H28O/c29-24-16-21-19-9-2-1-7-17(19)15-18-8-5-11-22-25(18)27(21)26-20(24)10-6-12-23(26)28(22)13-3-4-14-28/h5-6,8,10-12,16-17,19,29H,1-4,7,9,13-15H2. The van der Waals surface area contributed by atoms with Gasteiger partial charge in [-0.15, -0.1) is 0 Å². The van der Waals surface area contributed by atoms with E-state index in [1.807, 2.05) is 0 Å². The summed E-state index contributed by atoms with van der Waals surface area (Å²) >= 11 is 0. The summed E-state index contributed by atoms with van der Waals surface area (Å²) in [6, 6.07) is 16.1. The quantitative estimate of drug-likeness (QED) is 0.436. The monoisotopic (exact) mass is 380 g/mol. The fraction of sp³-hybridized carbons (Fsp3) is 0.429. The van der Waals surface area contributed by atoms with E-state index >= 15 is 0 Å². The summed E-state index contributed by atoms with van der Waals surface area (Å²) < 4.78 is 0. The van der Waals surface area contributed by atoms with Gasteiger partial charge in [-0.3, -0.25) is 0 Å². The molecule has 2 saturated carbocycles. The van der Waals surface area contributed by atoms with Gasteiger partial charge in [0.15, 0.2) is 0 Å². The second kappa shape index (κ2) is 5.65. The first-order chi connectivity index (χ1) is 14.3. The van der Waals surface area contributed by atoms with Crippen LogP contribution in [0.5, 0.6) is 5.75 Å². The highest BCUT2D eigenvalue weighted by Gasteiger charge is 2.46. The Balaban J connectivity index is 1.70. The molecular weight excluding hydrogens is 352 g/mol. The van der Waals surface area contributed by atoms with Crippen molar-refractivity contribution in [3.8, 4) is 16.9 Å². The zero-order valence-electron chi connectivity index (χ0n) is 17.0.